The van der Waals surface area contributed by atoms with E-state index in [1.165, 1.54) is 9.88 Å². The van der Waals surface area contributed by atoms with Crippen LogP contribution in [0.2, 0.25) is 0 Å². The van der Waals surface area contributed by atoms with E-state index in [2.05, 4.69) is 18.8 Å². The fourth-order valence-electron chi connectivity index (χ4n) is 3.20. The molecule has 4 nitrogen and oxygen atoms in total. The van der Waals surface area contributed by atoms with Gasteiger partial charge in [0.1, 0.15) is 0 Å². The summed E-state index contributed by atoms with van der Waals surface area (Å²) in [5.41, 5.74) is 2.20. The maximum Gasteiger partial charge on any atom is 0.222 e. The van der Waals surface area contributed by atoms with Crippen molar-refractivity contribution < 1.29 is 4.79 Å². The fourth-order valence-corrected chi connectivity index (χ4v) is 4.25. The number of nitrogens with zero attached hydrogens (tertiary/aromatic N) is 3. The third-order valence-corrected chi connectivity index (χ3v) is 5.95. The minimum atomic E-state index is 0.278. The van der Waals surface area contributed by atoms with Crippen molar-refractivity contribution in [1.29, 1.82) is 0 Å². The molecule has 1 amide bonds. The minimum absolute atomic E-state index is 0.278. The molecule has 0 spiro atoms. The molecule has 1 unspecified atom stereocenters. The van der Waals surface area contributed by atoms with Crippen molar-refractivity contribution in [3.05, 3.63) is 45.7 Å². The first kappa shape index (κ1) is 17.1. The molecule has 0 N–H and O–H groups in total. The first-order chi connectivity index (χ1) is 11.6. The summed E-state index contributed by atoms with van der Waals surface area (Å²) in [6.07, 6.45) is 6.38. The van der Waals surface area contributed by atoms with E-state index >= 15 is 0 Å². The second-order valence-electron chi connectivity index (χ2n) is 6.55. The Kier molecular flexibility index (Phi) is 5.61. The molecule has 128 valence electrons. The summed E-state index contributed by atoms with van der Waals surface area (Å²) >= 11 is 1.79. The maximum absolute atomic E-state index is 12.5. The number of thiazole rings is 1. The van der Waals surface area contributed by atoms with E-state index < -0.39 is 0 Å². The Morgan fingerprint density at radius 1 is 1.38 bits per heavy atom. The average Bonchev–Trinajstić information content (AvgIpc) is 2.95. The van der Waals surface area contributed by atoms with Crippen LogP contribution in [0.1, 0.15) is 52.9 Å². The van der Waals surface area contributed by atoms with E-state index in [4.69, 9.17) is 4.98 Å². The zero-order chi connectivity index (χ0) is 16.9. The highest BCUT2D eigenvalue weighted by Gasteiger charge is 2.26. The number of aryl methyl sites for hydroxylation is 3. The van der Waals surface area contributed by atoms with Gasteiger partial charge in [0.25, 0.3) is 0 Å². The lowest BCUT2D eigenvalue weighted by atomic mass is 9.98. The molecule has 5 heteroatoms. The summed E-state index contributed by atoms with van der Waals surface area (Å²) in [4.78, 5) is 24.9. The van der Waals surface area contributed by atoms with Crippen molar-refractivity contribution in [3.63, 3.8) is 0 Å². The number of carbonyl (C=O) groups excluding carboxylic acids is 1. The van der Waals surface area contributed by atoms with Crippen LogP contribution in [0.4, 0.5) is 0 Å². The topological polar surface area (TPSA) is 46.1 Å². The predicted molar refractivity (Wildman–Crippen MR) is 97.3 cm³/mol. The summed E-state index contributed by atoms with van der Waals surface area (Å²) in [6, 6.07) is 5.94. The monoisotopic (exact) mass is 343 g/mol. The van der Waals surface area contributed by atoms with Gasteiger partial charge in [0, 0.05) is 42.2 Å². The van der Waals surface area contributed by atoms with Crippen molar-refractivity contribution in [2.75, 3.05) is 13.1 Å². The summed E-state index contributed by atoms with van der Waals surface area (Å²) in [6.45, 7) is 5.91. The maximum atomic E-state index is 12.5. The molecule has 3 heterocycles. The van der Waals surface area contributed by atoms with E-state index in [1.54, 1.807) is 11.3 Å². The average molecular weight is 343 g/mol. The van der Waals surface area contributed by atoms with E-state index in [9.17, 15) is 4.79 Å². The van der Waals surface area contributed by atoms with Gasteiger partial charge in [-0.1, -0.05) is 6.07 Å². The molecule has 0 bridgehead atoms. The van der Waals surface area contributed by atoms with Gasteiger partial charge in [-0.15, -0.1) is 11.3 Å². The standard InChI is InChI=1S/C19H25N3OS/c1-14-15(2)24-19(21-14)16-7-6-12-22(13-16)18(23)10-5-9-17-8-3-4-11-20-17/h3-4,8,11,16H,5-7,9-10,12-13H2,1-2H3. The SMILES string of the molecule is Cc1nc(C2CCCN(C(=O)CCCc3ccccn3)C2)sc1C. The predicted octanol–water partition coefficient (Wildman–Crippen LogP) is 3.88. The van der Waals surface area contributed by atoms with Gasteiger partial charge in [-0.3, -0.25) is 9.78 Å². The van der Waals surface area contributed by atoms with Crippen LogP contribution in [0.5, 0.6) is 0 Å². The Hall–Kier alpha value is -1.75. The van der Waals surface area contributed by atoms with Gasteiger partial charge in [0.15, 0.2) is 0 Å². The molecular formula is C19H25N3OS. The van der Waals surface area contributed by atoms with E-state index in [0.29, 0.717) is 12.3 Å². The van der Waals surface area contributed by atoms with Crippen LogP contribution in [-0.2, 0) is 11.2 Å². The molecule has 3 rings (SSSR count). The number of rotatable bonds is 5. The quantitative estimate of drug-likeness (QED) is 0.827. The number of hydrogen-bond donors (Lipinski definition) is 0. The van der Waals surface area contributed by atoms with Crippen molar-refractivity contribution in [2.24, 2.45) is 0 Å². The van der Waals surface area contributed by atoms with Crippen molar-refractivity contribution in [1.82, 2.24) is 14.9 Å². The molecule has 1 fully saturated rings. The zero-order valence-electron chi connectivity index (χ0n) is 14.5. The van der Waals surface area contributed by atoms with E-state index in [0.717, 1.165) is 50.2 Å². The lowest BCUT2D eigenvalue weighted by Gasteiger charge is -2.32. The molecule has 1 atom stereocenters. The second kappa shape index (κ2) is 7.88. The molecule has 1 saturated heterocycles. The Morgan fingerprint density at radius 3 is 2.96 bits per heavy atom. The van der Waals surface area contributed by atoms with Gasteiger partial charge >= 0.3 is 0 Å². The molecule has 0 radical (unpaired) electrons. The lowest BCUT2D eigenvalue weighted by Crippen LogP contribution is -2.39. The first-order valence-corrected chi connectivity index (χ1v) is 9.56. The fraction of sp³-hybridized carbons (Fsp3) is 0.526. The van der Waals surface area contributed by atoms with Crippen LogP contribution in [-0.4, -0.2) is 33.9 Å². The third kappa shape index (κ3) is 4.20. The highest BCUT2D eigenvalue weighted by atomic mass is 32.1. The number of carbonyl (C=O) groups is 1. The van der Waals surface area contributed by atoms with Crippen molar-refractivity contribution in [3.8, 4) is 0 Å². The Morgan fingerprint density at radius 2 is 2.25 bits per heavy atom. The smallest absolute Gasteiger partial charge is 0.222 e. The molecule has 2 aromatic heterocycles. The Balaban J connectivity index is 1.51. The van der Waals surface area contributed by atoms with E-state index in [-0.39, 0.29) is 5.91 Å². The third-order valence-electron chi connectivity index (χ3n) is 4.72. The molecule has 0 aliphatic carbocycles. The van der Waals surface area contributed by atoms with Crippen LogP contribution in [0, 0.1) is 13.8 Å². The van der Waals surface area contributed by atoms with Gasteiger partial charge in [0.05, 0.1) is 10.7 Å². The number of piperidine rings is 1. The first-order valence-electron chi connectivity index (χ1n) is 8.75. The van der Waals surface area contributed by atoms with Gasteiger partial charge in [-0.25, -0.2) is 4.98 Å². The number of pyridine rings is 1. The molecule has 0 saturated carbocycles. The summed E-state index contributed by atoms with van der Waals surface area (Å²) < 4.78 is 0. The van der Waals surface area contributed by atoms with E-state index in [1.807, 2.05) is 29.3 Å². The Bertz CT molecular complexity index is 664. The molecular weight excluding hydrogens is 318 g/mol. The van der Waals surface area contributed by atoms with Gasteiger partial charge < -0.3 is 4.90 Å². The van der Waals surface area contributed by atoms with Crippen LogP contribution in [0.25, 0.3) is 0 Å². The normalized spacial score (nSPS) is 17.9. The lowest BCUT2D eigenvalue weighted by molar-refractivity contribution is -0.132. The Labute approximate surface area is 147 Å². The molecule has 1 aliphatic heterocycles. The van der Waals surface area contributed by atoms with Crippen LogP contribution in [0.15, 0.2) is 24.4 Å². The summed E-state index contributed by atoms with van der Waals surface area (Å²) in [5.74, 6) is 0.691. The van der Waals surface area contributed by atoms with Gasteiger partial charge in [0.2, 0.25) is 5.91 Å². The zero-order valence-corrected chi connectivity index (χ0v) is 15.3. The molecule has 24 heavy (non-hydrogen) atoms. The van der Waals surface area contributed by atoms with Crippen molar-refractivity contribution >= 4 is 17.2 Å². The van der Waals surface area contributed by atoms with Crippen LogP contribution < -0.4 is 0 Å². The summed E-state index contributed by atoms with van der Waals surface area (Å²) in [5, 5.41) is 1.20. The van der Waals surface area contributed by atoms with Gasteiger partial charge in [-0.2, -0.15) is 0 Å². The highest BCUT2D eigenvalue weighted by molar-refractivity contribution is 7.11. The minimum Gasteiger partial charge on any atom is -0.342 e. The number of likely N-dealkylation sites (tertiary alicyclic amines) is 1. The number of amides is 1. The van der Waals surface area contributed by atoms with Crippen LogP contribution >= 0.6 is 11.3 Å². The number of hydrogen-bond acceptors (Lipinski definition) is 4. The second-order valence-corrected chi connectivity index (χ2v) is 7.78. The van der Waals surface area contributed by atoms with Crippen molar-refractivity contribution in [2.45, 2.75) is 51.9 Å². The number of aromatic nitrogens is 2. The molecule has 1 aliphatic rings. The largest absolute Gasteiger partial charge is 0.342 e. The van der Waals surface area contributed by atoms with Crippen LogP contribution in [0.3, 0.4) is 0 Å². The molecule has 0 aromatic carbocycles. The van der Waals surface area contributed by atoms with Gasteiger partial charge in [-0.05, 0) is 51.7 Å². The highest BCUT2D eigenvalue weighted by Crippen LogP contribution is 2.31. The summed E-state index contributed by atoms with van der Waals surface area (Å²) in [7, 11) is 0. The molecule has 2 aromatic rings.